The van der Waals surface area contributed by atoms with Crippen LogP contribution in [0.1, 0.15) is 30.5 Å². The summed E-state index contributed by atoms with van der Waals surface area (Å²) in [6.45, 7) is 2.54. The molecule has 4 rings (SSSR count). The van der Waals surface area contributed by atoms with Crippen molar-refractivity contribution >= 4 is 21.1 Å². The zero-order valence-electron chi connectivity index (χ0n) is 12.3. The second kappa shape index (κ2) is 5.10. The molecule has 120 valence electrons. The van der Waals surface area contributed by atoms with Gasteiger partial charge in [-0.05, 0) is 42.2 Å². The first kappa shape index (κ1) is 14.3. The second-order valence-electron chi connectivity index (χ2n) is 5.44. The first-order chi connectivity index (χ1) is 11.0. The van der Waals surface area contributed by atoms with Crippen molar-refractivity contribution in [2.45, 2.75) is 37.2 Å². The largest absolute Gasteiger partial charge is 0.248 e. The van der Waals surface area contributed by atoms with E-state index in [1.807, 2.05) is 0 Å². The Morgan fingerprint density at radius 2 is 2.22 bits per heavy atom. The lowest BCUT2D eigenvalue weighted by Gasteiger charge is -2.22. The molecule has 2 aromatic heterocycles. The van der Waals surface area contributed by atoms with Crippen molar-refractivity contribution in [1.82, 2.24) is 29.8 Å². The van der Waals surface area contributed by atoms with Crippen LogP contribution in [0.2, 0.25) is 0 Å². The molecule has 0 aliphatic carbocycles. The number of aryl methyl sites for hydroxylation is 2. The standard InChI is InChI=1S/C13H14N6O3S/c1-8-14-13-10(5-3-7-19(13)15-8)18-23(20,21)11-6-2-4-9-12(11)17-22-16-9/h2,4,6,10,18H,3,5,7H2,1H3. The molecule has 3 aromatic rings. The predicted molar refractivity (Wildman–Crippen MR) is 78.9 cm³/mol. The third kappa shape index (κ3) is 2.39. The fourth-order valence-electron chi connectivity index (χ4n) is 2.83. The summed E-state index contributed by atoms with van der Waals surface area (Å²) in [7, 11) is -3.78. The summed E-state index contributed by atoms with van der Waals surface area (Å²) in [4.78, 5) is 4.39. The van der Waals surface area contributed by atoms with Crippen LogP contribution in [-0.2, 0) is 16.6 Å². The minimum absolute atomic E-state index is 0.0459. The van der Waals surface area contributed by atoms with Gasteiger partial charge in [-0.3, -0.25) is 0 Å². The van der Waals surface area contributed by atoms with E-state index in [1.54, 1.807) is 23.7 Å². The van der Waals surface area contributed by atoms with Crippen LogP contribution in [0.3, 0.4) is 0 Å². The molecule has 0 spiro atoms. The molecule has 0 saturated carbocycles. The topological polar surface area (TPSA) is 116 Å². The van der Waals surface area contributed by atoms with Crippen LogP contribution in [0.4, 0.5) is 0 Å². The van der Waals surface area contributed by atoms with Crippen molar-refractivity contribution < 1.29 is 13.0 Å². The number of hydrogen-bond acceptors (Lipinski definition) is 7. The van der Waals surface area contributed by atoms with Crippen molar-refractivity contribution in [3.05, 3.63) is 29.8 Å². The molecule has 1 aromatic carbocycles. The van der Waals surface area contributed by atoms with E-state index in [1.165, 1.54) is 6.07 Å². The molecule has 10 heteroatoms. The van der Waals surface area contributed by atoms with Gasteiger partial charge in [0.15, 0.2) is 5.52 Å². The van der Waals surface area contributed by atoms with Gasteiger partial charge in [-0.2, -0.15) is 5.10 Å². The lowest BCUT2D eigenvalue weighted by atomic mass is 10.1. The molecule has 0 saturated heterocycles. The summed E-state index contributed by atoms with van der Waals surface area (Å²) in [5.41, 5.74) is 0.615. The van der Waals surface area contributed by atoms with E-state index in [9.17, 15) is 8.42 Å². The molecule has 0 fully saturated rings. The molecule has 1 unspecified atom stereocenters. The van der Waals surface area contributed by atoms with Gasteiger partial charge in [0.1, 0.15) is 22.1 Å². The third-order valence-corrected chi connectivity index (χ3v) is 5.32. The molecule has 0 bridgehead atoms. The van der Waals surface area contributed by atoms with E-state index in [2.05, 4.69) is 29.7 Å². The van der Waals surface area contributed by atoms with Gasteiger partial charge in [-0.15, -0.1) is 0 Å². The Labute approximate surface area is 131 Å². The zero-order valence-corrected chi connectivity index (χ0v) is 13.1. The van der Waals surface area contributed by atoms with Crippen LogP contribution in [0.5, 0.6) is 0 Å². The van der Waals surface area contributed by atoms with E-state index in [0.29, 0.717) is 23.6 Å². The molecule has 1 aliphatic heterocycles. The predicted octanol–water partition coefficient (Wildman–Crippen LogP) is 0.936. The maximum Gasteiger partial charge on any atom is 0.243 e. The van der Waals surface area contributed by atoms with Gasteiger partial charge in [-0.25, -0.2) is 27.4 Å². The van der Waals surface area contributed by atoms with Crippen LogP contribution < -0.4 is 4.72 Å². The normalized spacial score (nSPS) is 18.2. The highest BCUT2D eigenvalue weighted by Gasteiger charge is 2.30. The molecule has 0 radical (unpaired) electrons. The average Bonchev–Trinajstić information content (AvgIpc) is 3.12. The molecular formula is C13H14N6O3S. The Hall–Kier alpha value is -2.33. The monoisotopic (exact) mass is 334 g/mol. The number of nitrogens with zero attached hydrogens (tertiary/aromatic N) is 5. The number of fused-ring (bicyclic) bond motifs is 2. The first-order valence-corrected chi connectivity index (χ1v) is 8.68. The summed E-state index contributed by atoms with van der Waals surface area (Å²) in [5.74, 6) is 1.27. The Morgan fingerprint density at radius 1 is 1.35 bits per heavy atom. The van der Waals surface area contributed by atoms with Gasteiger partial charge in [0.2, 0.25) is 10.0 Å². The van der Waals surface area contributed by atoms with Crippen LogP contribution in [0.25, 0.3) is 11.0 Å². The number of hydrogen-bond donors (Lipinski definition) is 1. The minimum atomic E-state index is -3.78. The van der Waals surface area contributed by atoms with Crippen molar-refractivity contribution in [1.29, 1.82) is 0 Å². The molecule has 1 aliphatic rings. The van der Waals surface area contributed by atoms with Gasteiger partial charge in [0, 0.05) is 6.54 Å². The Morgan fingerprint density at radius 3 is 3.09 bits per heavy atom. The van der Waals surface area contributed by atoms with E-state index < -0.39 is 16.1 Å². The lowest BCUT2D eigenvalue weighted by Crippen LogP contribution is -2.33. The van der Waals surface area contributed by atoms with Gasteiger partial charge in [0.25, 0.3) is 0 Å². The minimum Gasteiger partial charge on any atom is -0.248 e. The molecule has 0 amide bonds. The summed E-state index contributed by atoms with van der Waals surface area (Å²) < 4.78 is 34.6. The van der Waals surface area contributed by atoms with E-state index in [-0.39, 0.29) is 10.4 Å². The van der Waals surface area contributed by atoms with Crippen molar-refractivity contribution in [2.24, 2.45) is 0 Å². The molecule has 23 heavy (non-hydrogen) atoms. The van der Waals surface area contributed by atoms with Crippen LogP contribution in [-0.4, -0.2) is 33.5 Å². The van der Waals surface area contributed by atoms with Gasteiger partial charge in [0.05, 0.1) is 6.04 Å². The molecule has 1 N–H and O–H groups in total. The van der Waals surface area contributed by atoms with Crippen molar-refractivity contribution in [3.8, 4) is 0 Å². The number of aromatic nitrogens is 5. The SMILES string of the molecule is Cc1nc2n(n1)CCCC2NS(=O)(=O)c1cccc2nonc12. The Balaban J connectivity index is 1.72. The lowest BCUT2D eigenvalue weighted by molar-refractivity contribution is 0.315. The van der Waals surface area contributed by atoms with Crippen LogP contribution in [0, 0.1) is 6.92 Å². The van der Waals surface area contributed by atoms with E-state index in [0.717, 1.165) is 13.0 Å². The highest BCUT2D eigenvalue weighted by molar-refractivity contribution is 7.89. The van der Waals surface area contributed by atoms with Gasteiger partial charge < -0.3 is 0 Å². The number of rotatable bonds is 3. The van der Waals surface area contributed by atoms with Crippen molar-refractivity contribution in [3.63, 3.8) is 0 Å². The average molecular weight is 334 g/mol. The molecule has 3 heterocycles. The molecular weight excluding hydrogens is 320 g/mol. The Bertz CT molecular complexity index is 977. The number of benzene rings is 1. The summed E-state index contributed by atoms with van der Waals surface area (Å²) in [5, 5.41) is 11.6. The molecule has 9 nitrogen and oxygen atoms in total. The number of nitrogens with one attached hydrogen (secondary N) is 1. The first-order valence-electron chi connectivity index (χ1n) is 7.19. The van der Waals surface area contributed by atoms with Crippen molar-refractivity contribution in [2.75, 3.05) is 0 Å². The fraction of sp³-hybridized carbons (Fsp3) is 0.385. The Kier molecular flexibility index (Phi) is 3.16. The maximum atomic E-state index is 12.8. The second-order valence-corrected chi connectivity index (χ2v) is 7.13. The highest BCUT2D eigenvalue weighted by atomic mass is 32.2. The smallest absolute Gasteiger partial charge is 0.243 e. The van der Waals surface area contributed by atoms with Gasteiger partial charge >= 0.3 is 0 Å². The van der Waals surface area contributed by atoms with E-state index in [4.69, 9.17) is 0 Å². The van der Waals surface area contributed by atoms with Crippen LogP contribution >= 0.6 is 0 Å². The summed E-state index contributed by atoms with van der Waals surface area (Å²) in [6.07, 6.45) is 1.50. The maximum absolute atomic E-state index is 12.8. The summed E-state index contributed by atoms with van der Waals surface area (Å²) >= 11 is 0. The highest BCUT2D eigenvalue weighted by Crippen LogP contribution is 2.27. The molecule has 1 atom stereocenters. The fourth-order valence-corrected chi connectivity index (χ4v) is 4.21. The number of sulfonamides is 1. The third-order valence-electron chi connectivity index (χ3n) is 3.82. The quantitative estimate of drug-likeness (QED) is 0.757. The van der Waals surface area contributed by atoms with Crippen LogP contribution in [0.15, 0.2) is 27.7 Å². The summed E-state index contributed by atoms with van der Waals surface area (Å²) in [6, 6.07) is 4.32. The van der Waals surface area contributed by atoms with Gasteiger partial charge in [-0.1, -0.05) is 6.07 Å². The van der Waals surface area contributed by atoms with E-state index >= 15 is 0 Å². The zero-order chi connectivity index (χ0) is 16.0.